The fourth-order valence-corrected chi connectivity index (χ4v) is 4.24. The summed E-state index contributed by atoms with van der Waals surface area (Å²) in [6.45, 7) is 1.65. The first kappa shape index (κ1) is 16.4. The van der Waals surface area contributed by atoms with Crippen molar-refractivity contribution in [1.29, 1.82) is 0 Å². The average molecular weight is 363 g/mol. The van der Waals surface area contributed by atoms with E-state index < -0.39 is 6.10 Å². The van der Waals surface area contributed by atoms with Crippen molar-refractivity contribution in [2.75, 3.05) is 13.1 Å². The molecule has 1 saturated heterocycles. The van der Waals surface area contributed by atoms with E-state index in [0.29, 0.717) is 30.9 Å². The molecule has 1 amide bonds. The van der Waals surface area contributed by atoms with Gasteiger partial charge in [-0.15, -0.1) is 0 Å². The number of aliphatic hydroxyl groups is 1. The van der Waals surface area contributed by atoms with Crippen LogP contribution >= 0.6 is 0 Å². The van der Waals surface area contributed by atoms with E-state index >= 15 is 0 Å². The number of rotatable bonds is 1. The van der Waals surface area contributed by atoms with Crippen LogP contribution in [0.15, 0.2) is 48.8 Å². The van der Waals surface area contributed by atoms with Crippen molar-refractivity contribution in [2.45, 2.75) is 31.0 Å². The molecule has 2 aliphatic rings. The van der Waals surface area contributed by atoms with Crippen LogP contribution in [0.2, 0.25) is 0 Å². The number of nitrogens with zero attached hydrogens (tertiary/aromatic N) is 4. The van der Waals surface area contributed by atoms with Crippen LogP contribution in [0.5, 0.6) is 0 Å². The van der Waals surface area contributed by atoms with Gasteiger partial charge in [0.2, 0.25) is 0 Å². The van der Waals surface area contributed by atoms with Gasteiger partial charge < -0.3 is 15.3 Å². The molecule has 27 heavy (non-hydrogen) atoms. The topological polar surface area (TPSA) is 82.8 Å². The first-order valence-electron chi connectivity index (χ1n) is 9.24. The molecule has 3 aromatic rings. The fourth-order valence-electron chi connectivity index (χ4n) is 4.24. The van der Waals surface area contributed by atoms with E-state index in [1.165, 1.54) is 11.1 Å². The molecule has 4 heterocycles. The van der Waals surface area contributed by atoms with Crippen molar-refractivity contribution in [3.8, 4) is 0 Å². The molecule has 2 aliphatic heterocycles. The number of imidazole rings is 1. The number of nitrogens with one attached hydrogen (secondary N) is 1. The summed E-state index contributed by atoms with van der Waals surface area (Å²) < 4.78 is 1.59. The Morgan fingerprint density at radius 1 is 1.22 bits per heavy atom. The lowest BCUT2D eigenvalue weighted by molar-refractivity contribution is -0.0140. The summed E-state index contributed by atoms with van der Waals surface area (Å²) in [6, 6.07) is 11.8. The van der Waals surface area contributed by atoms with Crippen LogP contribution in [0.1, 0.15) is 28.0 Å². The van der Waals surface area contributed by atoms with E-state index in [1.807, 2.05) is 12.1 Å². The number of piperidine rings is 1. The predicted molar refractivity (Wildman–Crippen MR) is 99.2 cm³/mol. The maximum Gasteiger partial charge on any atom is 0.274 e. The lowest BCUT2D eigenvalue weighted by Crippen LogP contribution is -2.65. The number of carbonyl (C=O) groups excluding carboxylic acids is 1. The van der Waals surface area contributed by atoms with E-state index in [1.54, 1.807) is 33.9 Å². The molecule has 0 aliphatic carbocycles. The highest BCUT2D eigenvalue weighted by Gasteiger charge is 2.45. The Labute approximate surface area is 156 Å². The van der Waals surface area contributed by atoms with Gasteiger partial charge in [0.25, 0.3) is 5.91 Å². The maximum absolute atomic E-state index is 12.9. The summed E-state index contributed by atoms with van der Waals surface area (Å²) in [5.41, 5.74) is 3.26. The fraction of sp³-hybridized carbons (Fsp3) is 0.350. The molecule has 0 bridgehead atoms. The van der Waals surface area contributed by atoms with Crippen molar-refractivity contribution in [1.82, 2.24) is 24.8 Å². The highest BCUT2D eigenvalue weighted by atomic mass is 16.3. The van der Waals surface area contributed by atoms with E-state index in [2.05, 4.69) is 27.5 Å². The van der Waals surface area contributed by atoms with Crippen LogP contribution in [0.25, 0.3) is 5.65 Å². The number of β-amino-alcohol motifs (C(OH)–C–C–N with tert-alkyl or cyclic N) is 1. The van der Waals surface area contributed by atoms with Crippen molar-refractivity contribution >= 4 is 11.6 Å². The summed E-state index contributed by atoms with van der Waals surface area (Å²) in [4.78, 5) is 18.7. The minimum atomic E-state index is -0.625. The van der Waals surface area contributed by atoms with Gasteiger partial charge in [0.15, 0.2) is 5.65 Å². The van der Waals surface area contributed by atoms with Gasteiger partial charge in [0.05, 0.1) is 11.6 Å². The van der Waals surface area contributed by atoms with E-state index in [0.717, 1.165) is 13.0 Å². The van der Waals surface area contributed by atoms with Crippen LogP contribution in [0.3, 0.4) is 0 Å². The monoisotopic (exact) mass is 363 g/mol. The molecule has 0 radical (unpaired) electrons. The van der Waals surface area contributed by atoms with Crippen LogP contribution < -0.4 is 5.32 Å². The smallest absolute Gasteiger partial charge is 0.274 e. The Morgan fingerprint density at radius 2 is 2.07 bits per heavy atom. The molecule has 138 valence electrons. The summed E-state index contributed by atoms with van der Waals surface area (Å²) in [7, 11) is 0. The Hall–Kier alpha value is -2.77. The number of aliphatic hydroxyl groups excluding tert-OH is 1. The summed E-state index contributed by atoms with van der Waals surface area (Å²) in [5.74, 6) is -0.157. The molecule has 2 aromatic heterocycles. The molecule has 2 atom stereocenters. The van der Waals surface area contributed by atoms with Gasteiger partial charge >= 0.3 is 0 Å². The van der Waals surface area contributed by atoms with Crippen LogP contribution in [0, 0.1) is 0 Å². The zero-order chi connectivity index (χ0) is 18.4. The second-order valence-electron chi connectivity index (χ2n) is 7.42. The third kappa shape index (κ3) is 2.70. The molecule has 5 rings (SSSR count). The Bertz CT molecular complexity index is 1020. The van der Waals surface area contributed by atoms with Gasteiger partial charge in [0, 0.05) is 32.0 Å². The molecule has 0 unspecified atom stereocenters. The van der Waals surface area contributed by atoms with Gasteiger partial charge in [-0.3, -0.25) is 4.79 Å². The van der Waals surface area contributed by atoms with Gasteiger partial charge in [0.1, 0.15) is 5.69 Å². The van der Waals surface area contributed by atoms with Crippen molar-refractivity contribution in [3.63, 3.8) is 0 Å². The standard InChI is InChI=1S/C20H21N5O2/c26-17-13-24(19(27)16-5-6-18-21-8-10-25(18)23-16)9-7-20(17)11-14-3-1-2-4-15(14)12-22-20/h1-6,8,10,17,22,26H,7,9,11-13H2/t17-,20+/m1/s1. The number of hydrogen-bond acceptors (Lipinski definition) is 5. The first-order valence-corrected chi connectivity index (χ1v) is 9.24. The minimum Gasteiger partial charge on any atom is -0.389 e. The second kappa shape index (κ2) is 6.14. The normalized spacial score (nSPS) is 24.9. The molecule has 1 fully saturated rings. The highest BCUT2D eigenvalue weighted by Crippen LogP contribution is 2.32. The highest BCUT2D eigenvalue weighted by molar-refractivity contribution is 5.92. The summed E-state index contributed by atoms with van der Waals surface area (Å²) in [5, 5.41) is 18.8. The molecule has 2 N–H and O–H groups in total. The number of fused-ring (bicyclic) bond motifs is 2. The van der Waals surface area contributed by atoms with Gasteiger partial charge in [-0.25, -0.2) is 9.50 Å². The largest absolute Gasteiger partial charge is 0.389 e. The number of amides is 1. The molecular weight excluding hydrogens is 342 g/mol. The predicted octanol–water partition coefficient (Wildman–Crippen LogP) is 1.02. The molecule has 7 heteroatoms. The number of carbonyl (C=O) groups is 1. The zero-order valence-corrected chi connectivity index (χ0v) is 14.9. The third-order valence-corrected chi connectivity index (χ3v) is 5.88. The molecule has 1 aromatic carbocycles. The van der Waals surface area contributed by atoms with Gasteiger partial charge in [-0.1, -0.05) is 24.3 Å². The van der Waals surface area contributed by atoms with E-state index in [-0.39, 0.29) is 11.4 Å². The van der Waals surface area contributed by atoms with Crippen LogP contribution in [-0.2, 0) is 13.0 Å². The van der Waals surface area contributed by atoms with Gasteiger partial charge in [-0.2, -0.15) is 5.10 Å². The van der Waals surface area contributed by atoms with E-state index in [9.17, 15) is 9.90 Å². The lowest BCUT2D eigenvalue weighted by atomic mass is 9.76. The second-order valence-corrected chi connectivity index (χ2v) is 7.42. The molecule has 7 nitrogen and oxygen atoms in total. The quantitative estimate of drug-likeness (QED) is 0.675. The third-order valence-electron chi connectivity index (χ3n) is 5.88. The summed E-state index contributed by atoms with van der Waals surface area (Å²) >= 11 is 0. The van der Waals surface area contributed by atoms with Crippen molar-refractivity contribution in [3.05, 3.63) is 65.6 Å². The van der Waals surface area contributed by atoms with Gasteiger partial charge in [-0.05, 0) is 36.1 Å². The van der Waals surface area contributed by atoms with Crippen molar-refractivity contribution < 1.29 is 9.90 Å². The van der Waals surface area contributed by atoms with Crippen LogP contribution in [0.4, 0.5) is 0 Å². The SMILES string of the molecule is O=C(c1ccc2nccn2n1)N1CC[C@]2(Cc3ccccc3CN2)[C@H](O)C1. The maximum atomic E-state index is 12.9. The Morgan fingerprint density at radius 3 is 2.93 bits per heavy atom. The van der Waals surface area contributed by atoms with Crippen molar-refractivity contribution in [2.24, 2.45) is 0 Å². The first-order chi connectivity index (χ1) is 13.1. The number of aromatic nitrogens is 3. The average Bonchev–Trinajstić information content (AvgIpc) is 3.17. The number of benzene rings is 1. The van der Waals surface area contributed by atoms with Crippen LogP contribution in [-0.4, -0.2) is 55.2 Å². The van der Waals surface area contributed by atoms with E-state index in [4.69, 9.17) is 0 Å². The molecule has 1 spiro atoms. The Kier molecular flexibility index (Phi) is 3.73. The minimum absolute atomic E-state index is 0.157. The Balaban J connectivity index is 1.34. The lowest BCUT2D eigenvalue weighted by Gasteiger charge is -2.48. The number of hydrogen-bond donors (Lipinski definition) is 2. The summed E-state index contributed by atoms with van der Waals surface area (Å²) in [6.07, 6.45) is 4.24. The molecular formula is C20H21N5O2. The molecule has 0 saturated carbocycles. The zero-order valence-electron chi connectivity index (χ0n) is 14.9. The number of likely N-dealkylation sites (tertiary alicyclic amines) is 1.